The van der Waals surface area contributed by atoms with Crippen molar-refractivity contribution in [1.29, 1.82) is 0 Å². The van der Waals surface area contributed by atoms with Crippen LogP contribution in [0.1, 0.15) is 50.3 Å². The Hall–Kier alpha value is -2.87. The zero-order chi connectivity index (χ0) is 20.4. The highest BCUT2D eigenvalue weighted by Gasteiger charge is 2.22. The molecule has 2 atom stereocenters. The Kier molecular flexibility index (Phi) is 5.53. The van der Waals surface area contributed by atoms with E-state index >= 15 is 0 Å². The van der Waals surface area contributed by atoms with Crippen molar-refractivity contribution < 1.29 is 9.47 Å². The van der Waals surface area contributed by atoms with Crippen LogP contribution in [0.15, 0.2) is 30.5 Å². The number of nitrogens with zero attached hydrogens (tertiary/aromatic N) is 4. The summed E-state index contributed by atoms with van der Waals surface area (Å²) in [5, 5.41) is 11.3. The lowest BCUT2D eigenvalue weighted by Crippen LogP contribution is -2.22. The number of benzene rings is 1. The molecule has 1 fully saturated rings. The normalized spacial score (nSPS) is 17.6. The molecule has 29 heavy (non-hydrogen) atoms. The van der Waals surface area contributed by atoms with E-state index in [0.29, 0.717) is 17.9 Å². The lowest BCUT2D eigenvalue weighted by Gasteiger charge is -2.19. The molecule has 8 nitrogen and oxygen atoms in total. The monoisotopic (exact) mass is 396 g/mol. The molecule has 1 aliphatic rings. The second-order valence-corrected chi connectivity index (χ2v) is 7.66. The smallest absolute Gasteiger partial charge is 0.322 e. The predicted octanol–water partition coefficient (Wildman–Crippen LogP) is 3.17. The summed E-state index contributed by atoms with van der Waals surface area (Å²) in [5.41, 5.74) is 2.88. The molecule has 0 saturated carbocycles. The lowest BCUT2D eigenvalue weighted by molar-refractivity contribution is 0.204. The van der Waals surface area contributed by atoms with E-state index in [2.05, 4.69) is 46.5 Å². The summed E-state index contributed by atoms with van der Waals surface area (Å²) in [6, 6.07) is 8.29. The minimum absolute atomic E-state index is 0.0445. The van der Waals surface area contributed by atoms with E-state index in [1.165, 1.54) is 0 Å². The number of hydrogen-bond donors (Lipinski definition) is 2. The highest BCUT2D eigenvalue weighted by Crippen LogP contribution is 2.29. The number of ether oxygens (including phenoxy) is 2. The first-order chi connectivity index (χ1) is 14.1. The molecule has 1 aromatic carbocycles. The van der Waals surface area contributed by atoms with E-state index in [1.54, 1.807) is 11.6 Å². The first-order valence-electron chi connectivity index (χ1n) is 10.1. The molecule has 3 heterocycles. The third-order valence-electron chi connectivity index (χ3n) is 5.24. The van der Waals surface area contributed by atoms with Gasteiger partial charge in [0.1, 0.15) is 11.9 Å². The maximum atomic E-state index is 6.07. The minimum Gasteiger partial charge on any atom is -0.496 e. The van der Waals surface area contributed by atoms with Gasteiger partial charge in [-0.2, -0.15) is 19.6 Å². The van der Waals surface area contributed by atoms with Crippen LogP contribution in [0.3, 0.4) is 0 Å². The van der Waals surface area contributed by atoms with E-state index in [0.717, 1.165) is 42.0 Å². The van der Waals surface area contributed by atoms with Gasteiger partial charge in [-0.15, -0.1) is 0 Å². The fourth-order valence-corrected chi connectivity index (χ4v) is 3.60. The fraction of sp³-hybridized carbons (Fsp3) is 0.476. The van der Waals surface area contributed by atoms with Crippen LogP contribution in [0.2, 0.25) is 0 Å². The van der Waals surface area contributed by atoms with Crippen molar-refractivity contribution >= 4 is 11.6 Å². The van der Waals surface area contributed by atoms with Gasteiger partial charge < -0.3 is 20.1 Å². The summed E-state index contributed by atoms with van der Waals surface area (Å²) in [7, 11) is 1.68. The van der Waals surface area contributed by atoms with Crippen LogP contribution < -0.4 is 20.1 Å². The van der Waals surface area contributed by atoms with Crippen molar-refractivity contribution in [3.63, 3.8) is 0 Å². The topological polar surface area (TPSA) is 85.6 Å². The SMILES string of the molecule is COc1ccccc1[C@H](C)Nc1nc(O[C@@H]2CCNC2)nc2c(C(C)C)cnn12. The summed E-state index contributed by atoms with van der Waals surface area (Å²) < 4.78 is 13.3. The highest BCUT2D eigenvalue weighted by atomic mass is 16.5. The van der Waals surface area contributed by atoms with E-state index < -0.39 is 0 Å². The Bertz CT molecular complexity index is 980. The standard InChI is InChI=1S/C21H28N6O2/c1-13(2)17-12-23-27-19(17)25-21(29-15-9-10-22-11-15)26-20(27)24-14(3)16-7-5-6-8-18(16)28-4/h5-8,12-15,22H,9-11H2,1-4H3,(H,24,25,26)/t14-,15+/m0/s1. The molecule has 0 unspecified atom stereocenters. The number of aromatic nitrogens is 4. The van der Waals surface area contributed by atoms with Crippen LogP contribution in [-0.2, 0) is 0 Å². The van der Waals surface area contributed by atoms with E-state index in [-0.39, 0.29) is 12.1 Å². The van der Waals surface area contributed by atoms with Gasteiger partial charge in [0.2, 0.25) is 5.95 Å². The number of rotatable bonds is 7. The number of para-hydroxylation sites is 1. The second kappa shape index (κ2) is 8.24. The van der Waals surface area contributed by atoms with Crippen molar-refractivity contribution in [2.75, 3.05) is 25.5 Å². The first-order valence-corrected chi connectivity index (χ1v) is 10.1. The number of nitrogens with one attached hydrogen (secondary N) is 2. The number of anilines is 1. The molecule has 1 aliphatic heterocycles. The van der Waals surface area contributed by atoms with Gasteiger partial charge in [-0.3, -0.25) is 0 Å². The van der Waals surface area contributed by atoms with Gasteiger partial charge in [0.25, 0.3) is 0 Å². The Labute approximate surface area is 170 Å². The van der Waals surface area contributed by atoms with Crippen LogP contribution >= 0.6 is 0 Å². The van der Waals surface area contributed by atoms with Gasteiger partial charge in [-0.05, 0) is 31.9 Å². The molecule has 3 aromatic rings. The Morgan fingerprint density at radius 2 is 2.00 bits per heavy atom. The molecule has 2 N–H and O–H groups in total. The zero-order valence-corrected chi connectivity index (χ0v) is 17.3. The van der Waals surface area contributed by atoms with Crippen LogP contribution in [0.25, 0.3) is 5.65 Å². The summed E-state index contributed by atoms with van der Waals surface area (Å²) in [4.78, 5) is 9.31. The predicted molar refractivity (Wildman–Crippen MR) is 112 cm³/mol. The summed E-state index contributed by atoms with van der Waals surface area (Å²) in [5.74, 6) is 1.72. The quantitative estimate of drug-likeness (QED) is 0.634. The lowest BCUT2D eigenvalue weighted by atomic mass is 10.1. The minimum atomic E-state index is -0.0445. The molecule has 4 rings (SSSR count). The second-order valence-electron chi connectivity index (χ2n) is 7.66. The summed E-state index contributed by atoms with van der Waals surface area (Å²) in [6.07, 6.45) is 2.89. The molecule has 0 aliphatic carbocycles. The third-order valence-corrected chi connectivity index (χ3v) is 5.24. The Balaban J connectivity index is 1.71. The van der Waals surface area contributed by atoms with Gasteiger partial charge in [0.05, 0.1) is 19.3 Å². The van der Waals surface area contributed by atoms with Crippen molar-refractivity contribution in [3.05, 3.63) is 41.6 Å². The molecule has 2 aromatic heterocycles. The van der Waals surface area contributed by atoms with Crippen LogP contribution in [0.5, 0.6) is 11.8 Å². The molecule has 1 saturated heterocycles. The Morgan fingerprint density at radius 3 is 2.72 bits per heavy atom. The fourth-order valence-electron chi connectivity index (χ4n) is 3.60. The summed E-state index contributed by atoms with van der Waals surface area (Å²) in [6.45, 7) is 8.09. The molecular weight excluding hydrogens is 368 g/mol. The van der Waals surface area contributed by atoms with Gasteiger partial charge in [0.15, 0.2) is 5.65 Å². The van der Waals surface area contributed by atoms with Crippen LogP contribution in [-0.4, -0.2) is 45.9 Å². The Morgan fingerprint density at radius 1 is 1.17 bits per heavy atom. The van der Waals surface area contributed by atoms with Crippen LogP contribution in [0.4, 0.5) is 5.95 Å². The van der Waals surface area contributed by atoms with Crippen molar-refractivity contribution in [2.24, 2.45) is 0 Å². The molecule has 0 amide bonds. The largest absolute Gasteiger partial charge is 0.496 e. The van der Waals surface area contributed by atoms with Gasteiger partial charge >= 0.3 is 6.01 Å². The first kappa shape index (κ1) is 19.4. The zero-order valence-electron chi connectivity index (χ0n) is 17.3. The number of methoxy groups -OCH3 is 1. The average molecular weight is 396 g/mol. The molecule has 0 bridgehead atoms. The highest BCUT2D eigenvalue weighted by molar-refractivity contribution is 5.53. The van der Waals surface area contributed by atoms with E-state index in [1.807, 2.05) is 30.5 Å². The molecule has 0 spiro atoms. The summed E-state index contributed by atoms with van der Waals surface area (Å²) >= 11 is 0. The van der Waals surface area contributed by atoms with Crippen LogP contribution in [0, 0.1) is 0 Å². The maximum Gasteiger partial charge on any atom is 0.322 e. The molecular formula is C21H28N6O2. The number of fused-ring (bicyclic) bond motifs is 1. The number of hydrogen-bond acceptors (Lipinski definition) is 7. The van der Waals surface area contributed by atoms with E-state index in [9.17, 15) is 0 Å². The van der Waals surface area contributed by atoms with Gasteiger partial charge in [0, 0.05) is 17.7 Å². The van der Waals surface area contributed by atoms with Crippen molar-refractivity contribution in [3.8, 4) is 11.8 Å². The molecule has 0 radical (unpaired) electrons. The van der Waals surface area contributed by atoms with E-state index in [4.69, 9.17) is 9.47 Å². The van der Waals surface area contributed by atoms with Gasteiger partial charge in [-0.25, -0.2) is 0 Å². The molecule has 154 valence electrons. The van der Waals surface area contributed by atoms with Crippen molar-refractivity contribution in [1.82, 2.24) is 24.9 Å². The van der Waals surface area contributed by atoms with Crippen molar-refractivity contribution in [2.45, 2.75) is 45.3 Å². The molecule has 8 heteroatoms. The maximum absolute atomic E-state index is 6.07. The third kappa shape index (κ3) is 3.98. The van der Waals surface area contributed by atoms with Gasteiger partial charge in [-0.1, -0.05) is 32.0 Å². The average Bonchev–Trinajstić information content (AvgIpc) is 3.37.